The van der Waals surface area contributed by atoms with Crippen molar-refractivity contribution in [3.63, 3.8) is 0 Å². The van der Waals surface area contributed by atoms with Crippen molar-refractivity contribution < 1.29 is 19.1 Å². The molecule has 0 fully saturated rings. The van der Waals surface area contributed by atoms with Crippen LogP contribution in [-0.2, 0) is 20.8 Å². The molecule has 130 valence electrons. The molecule has 0 saturated carbocycles. The van der Waals surface area contributed by atoms with Gasteiger partial charge in [0.25, 0.3) is 0 Å². The van der Waals surface area contributed by atoms with Crippen LogP contribution >= 0.6 is 0 Å². The average Bonchev–Trinajstić information content (AvgIpc) is 2.71. The van der Waals surface area contributed by atoms with E-state index < -0.39 is 17.3 Å². The van der Waals surface area contributed by atoms with E-state index in [4.69, 9.17) is 9.47 Å². The largest absolute Gasteiger partial charge is 0.459 e. The zero-order valence-electron chi connectivity index (χ0n) is 15.0. The number of hydrogen-bond acceptors (Lipinski definition) is 5. The zero-order valence-corrected chi connectivity index (χ0v) is 15.0. The maximum absolute atomic E-state index is 11.8. The van der Waals surface area contributed by atoms with Crippen LogP contribution < -0.4 is 5.32 Å². The predicted molar refractivity (Wildman–Crippen MR) is 85.9 cm³/mol. The first-order valence-corrected chi connectivity index (χ1v) is 7.59. The Morgan fingerprint density at radius 2 is 1.74 bits per heavy atom. The van der Waals surface area contributed by atoms with Crippen LogP contribution in [0, 0.1) is 0 Å². The molecule has 0 aliphatic carbocycles. The second-order valence-corrected chi connectivity index (χ2v) is 7.43. The van der Waals surface area contributed by atoms with Gasteiger partial charge in [-0.05, 0) is 48.5 Å². The number of nitrogens with one attached hydrogen (secondary N) is 1. The van der Waals surface area contributed by atoms with Crippen LogP contribution in [0.15, 0.2) is 12.5 Å². The van der Waals surface area contributed by atoms with Crippen molar-refractivity contribution in [2.24, 2.45) is 0 Å². The molecule has 0 radical (unpaired) electrons. The standard InChI is InChI=1S/C16H27N3O4/c1-11(18-14(21)23-16(5,6)7)12-8-19(10-17-12)9-13(20)22-15(2,3)4/h8,10-11H,9H2,1-7H3,(H,18,21). The third-order valence-corrected chi connectivity index (χ3v) is 2.56. The topological polar surface area (TPSA) is 82.5 Å². The van der Waals surface area contributed by atoms with Gasteiger partial charge in [-0.3, -0.25) is 4.79 Å². The maximum Gasteiger partial charge on any atom is 0.408 e. The summed E-state index contributed by atoms with van der Waals surface area (Å²) in [6, 6.07) is -0.329. The summed E-state index contributed by atoms with van der Waals surface area (Å²) < 4.78 is 12.1. The lowest BCUT2D eigenvalue weighted by Gasteiger charge is -2.21. The lowest BCUT2D eigenvalue weighted by Crippen LogP contribution is -2.34. The Balaban J connectivity index is 2.58. The van der Waals surface area contributed by atoms with Gasteiger partial charge < -0.3 is 19.4 Å². The first kappa shape index (κ1) is 19.0. The number of imidazole rings is 1. The third kappa shape index (κ3) is 7.67. The smallest absolute Gasteiger partial charge is 0.408 e. The summed E-state index contributed by atoms with van der Waals surface area (Å²) in [7, 11) is 0. The molecule has 0 saturated heterocycles. The highest BCUT2D eigenvalue weighted by Gasteiger charge is 2.20. The quantitative estimate of drug-likeness (QED) is 0.861. The lowest BCUT2D eigenvalue weighted by molar-refractivity contribution is -0.155. The Labute approximate surface area is 137 Å². The van der Waals surface area contributed by atoms with Gasteiger partial charge in [0, 0.05) is 6.20 Å². The van der Waals surface area contributed by atoms with E-state index in [1.165, 1.54) is 6.33 Å². The fourth-order valence-corrected chi connectivity index (χ4v) is 1.77. The third-order valence-electron chi connectivity index (χ3n) is 2.56. The molecule has 0 aliphatic rings. The summed E-state index contributed by atoms with van der Waals surface area (Å²) in [6.45, 7) is 12.7. The van der Waals surface area contributed by atoms with Gasteiger partial charge in [0.2, 0.25) is 0 Å². The van der Waals surface area contributed by atoms with Gasteiger partial charge in [0.15, 0.2) is 0 Å². The SMILES string of the molecule is CC(NC(=O)OC(C)(C)C)c1cn(CC(=O)OC(C)(C)C)cn1. The van der Waals surface area contributed by atoms with Crippen LogP contribution in [0.25, 0.3) is 0 Å². The Morgan fingerprint density at radius 1 is 1.17 bits per heavy atom. The highest BCUT2D eigenvalue weighted by Crippen LogP contribution is 2.13. The molecule has 0 bridgehead atoms. The number of amides is 1. The fraction of sp³-hybridized carbons (Fsp3) is 0.688. The van der Waals surface area contributed by atoms with E-state index in [0.717, 1.165) is 0 Å². The fourth-order valence-electron chi connectivity index (χ4n) is 1.77. The molecular weight excluding hydrogens is 298 g/mol. The van der Waals surface area contributed by atoms with Gasteiger partial charge >= 0.3 is 12.1 Å². The minimum atomic E-state index is -0.556. The first-order valence-electron chi connectivity index (χ1n) is 7.59. The molecule has 1 aromatic heterocycles. The van der Waals surface area contributed by atoms with Gasteiger partial charge in [-0.2, -0.15) is 0 Å². The summed E-state index contributed by atoms with van der Waals surface area (Å²) in [5.41, 5.74) is -0.439. The summed E-state index contributed by atoms with van der Waals surface area (Å²) in [6.07, 6.45) is 2.73. The van der Waals surface area contributed by atoms with Crippen LogP contribution in [-0.4, -0.2) is 32.8 Å². The van der Waals surface area contributed by atoms with Crippen LogP contribution in [0.4, 0.5) is 4.79 Å². The van der Waals surface area contributed by atoms with Crippen LogP contribution in [0.3, 0.4) is 0 Å². The van der Waals surface area contributed by atoms with Gasteiger partial charge in [-0.1, -0.05) is 0 Å². The normalized spacial score (nSPS) is 13.3. The van der Waals surface area contributed by atoms with Crippen LogP contribution in [0.5, 0.6) is 0 Å². The van der Waals surface area contributed by atoms with E-state index in [9.17, 15) is 9.59 Å². The molecule has 0 aliphatic heterocycles. The van der Waals surface area contributed by atoms with Crippen molar-refractivity contribution in [3.05, 3.63) is 18.2 Å². The summed E-state index contributed by atoms with van der Waals surface area (Å²) >= 11 is 0. The molecule has 1 aromatic rings. The van der Waals surface area contributed by atoms with Gasteiger partial charge in [0.05, 0.1) is 18.1 Å². The molecule has 1 atom stereocenters. The van der Waals surface area contributed by atoms with Crippen molar-refractivity contribution >= 4 is 12.1 Å². The number of rotatable bonds is 4. The molecule has 1 unspecified atom stereocenters. The molecule has 1 rings (SSSR count). The van der Waals surface area contributed by atoms with Gasteiger partial charge in [-0.25, -0.2) is 9.78 Å². The Kier molecular flexibility index (Phi) is 5.80. The maximum atomic E-state index is 11.8. The van der Waals surface area contributed by atoms with Crippen molar-refractivity contribution in [1.82, 2.24) is 14.9 Å². The minimum Gasteiger partial charge on any atom is -0.459 e. The number of aromatic nitrogens is 2. The molecule has 7 nitrogen and oxygen atoms in total. The summed E-state index contributed by atoms with van der Waals surface area (Å²) in [5.74, 6) is -0.339. The second-order valence-electron chi connectivity index (χ2n) is 7.43. The van der Waals surface area contributed by atoms with Crippen molar-refractivity contribution in [2.75, 3.05) is 0 Å². The molecule has 0 aromatic carbocycles. The molecule has 1 amide bonds. The molecule has 23 heavy (non-hydrogen) atoms. The number of nitrogens with zero attached hydrogens (tertiary/aromatic N) is 2. The second kappa shape index (κ2) is 7.02. The number of hydrogen-bond donors (Lipinski definition) is 1. The Bertz CT molecular complexity index is 552. The first-order chi connectivity index (χ1) is 10.4. The monoisotopic (exact) mass is 325 g/mol. The minimum absolute atomic E-state index is 0.0728. The number of alkyl carbamates (subject to hydrolysis) is 1. The summed E-state index contributed by atoms with van der Waals surface area (Å²) in [5, 5.41) is 2.70. The number of carbonyl (C=O) groups is 2. The predicted octanol–water partition coefficient (Wildman–Crippen LogP) is 2.81. The van der Waals surface area contributed by atoms with Crippen molar-refractivity contribution in [1.29, 1.82) is 0 Å². The summed E-state index contributed by atoms with van der Waals surface area (Å²) in [4.78, 5) is 27.7. The molecule has 1 N–H and O–H groups in total. The van der Waals surface area contributed by atoms with Gasteiger partial charge in [-0.15, -0.1) is 0 Å². The molecule has 7 heteroatoms. The van der Waals surface area contributed by atoms with E-state index >= 15 is 0 Å². The Morgan fingerprint density at radius 3 is 2.26 bits per heavy atom. The van der Waals surface area contributed by atoms with E-state index in [0.29, 0.717) is 5.69 Å². The van der Waals surface area contributed by atoms with E-state index in [1.807, 2.05) is 20.8 Å². The van der Waals surface area contributed by atoms with Gasteiger partial charge in [0.1, 0.15) is 17.7 Å². The average molecular weight is 325 g/mol. The molecule has 0 spiro atoms. The Hall–Kier alpha value is -2.05. The van der Waals surface area contributed by atoms with E-state index in [1.54, 1.807) is 38.5 Å². The number of esters is 1. The lowest BCUT2D eigenvalue weighted by atomic mass is 10.2. The highest BCUT2D eigenvalue weighted by atomic mass is 16.6. The number of ether oxygens (including phenoxy) is 2. The van der Waals surface area contributed by atoms with Crippen molar-refractivity contribution in [2.45, 2.75) is 72.3 Å². The van der Waals surface area contributed by atoms with Crippen molar-refractivity contribution in [3.8, 4) is 0 Å². The zero-order chi connectivity index (χ0) is 17.8. The number of carbonyl (C=O) groups excluding carboxylic acids is 2. The molecular formula is C16H27N3O4. The van der Waals surface area contributed by atoms with Crippen LogP contribution in [0.2, 0.25) is 0 Å². The highest BCUT2D eigenvalue weighted by molar-refractivity contribution is 5.69. The van der Waals surface area contributed by atoms with E-state index in [2.05, 4.69) is 10.3 Å². The molecule has 1 heterocycles. The van der Waals surface area contributed by atoms with Crippen LogP contribution in [0.1, 0.15) is 60.2 Å². The van der Waals surface area contributed by atoms with E-state index in [-0.39, 0.29) is 18.6 Å².